The van der Waals surface area contributed by atoms with Crippen molar-refractivity contribution in [2.75, 3.05) is 19.0 Å². The van der Waals surface area contributed by atoms with Gasteiger partial charge in [-0.05, 0) is 24.5 Å². The number of nitrogens with two attached hydrogens (primary N) is 1. The minimum Gasteiger partial charge on any atom is -0.490 e. The number of para-hydroxylation sites is 2. The van der Waals surface area contributed by atoms with Gasteiger partial charge in [0, 0.05) is 5.92 Å². The van der Waals surface area contributed by atoms with E-state index >= 15 is 0 Å². The molecule has 0 heterocycles. The van der Waals surface area contributed by atoms with Crippen molar-refractivity contribution in [1.29, 1.82) is 0 Å². The van der Waals surface area contributed by atoms with Crippen molar-refractivity contribution >= 4 is 10.0 Å². The maximum Gasteiger partial charge on any atom is 0.209 e. The molecule has 0 aliphatic heterocycles. The van der Waals surface area contributed by atoms with Crippen molar-refractivity contribution in [1.82, 2.24) is 0 Å². The van der Waals surface area contributed by atoms with Crippen LogP contribution in [0.15, 0.2) is 24.3 Å². The molecule has 0 radical (unpaired) electrons. The van der Waals surface area contributed by atoms with E-state index in [1.165, 1.54) is 0 Å². The summed E-state index contributed by atoms with van der Waals surface area (Å²) in [6.45, 7) is 6.85. The van der Waals surface area contributed by atoms with Crippen LogP contribution in [0.5, 0.6) is 11.5 Å². The van der Waals surface area contributed by atoms with Crippen molar-refractivity contribution < 1.29 is 17.9 Å². The summed E-state index contributed by atoms with van der Waals surface area (Å²) >= 11 is 0. The minimum atomic E-state index is -3.51. The number of sulfonamides is 1. The normalized spacial score (nSPS) is 13.2. The lowest BCUT2D eigenvalue weighted by Crippen LogP contribution is -2.30. The predicted molar refractivity (Wildman–Crippen MR) is 84.0 cm³/mol. The highest BCUT2D eigenvalue weighted by Crippen LogP contribution is 2.27. The topological polar surface area (TPSA) is 78.6 Å². The molecule has 1 aromatic rings. The summed E-state index contributed by atoms with van der Waals surface area (Å²) in [5.74, 6) is 1.23. The van der Waals surface area contributed by atoms with Crippen molar-refractivity contribution in [2.45, 2.75) is 27.2 Å². The molecule has 0 amide bonds. The van der Waals surface area contributed by atoms with Crippen LogP contribution in [0.25, 0.3) is 0 Å². The smallest absolute Gasteiger partial charge is 0.209 e. The molecule has 5 nitrogen and oxygen atoms in total. The van der Waals surface area contributed by atoms with Gasteiger partial charge in [0.1, 0.15) is 0 Å². The fourth-order valence-corrected chi connectivity index (χ4v) is 2.91. The van der Waals surface area contributed by atoms with Crippen LogP contribution in [-0.4, -0.2) is 27.4 Å². The molecule has 120 valence electrons. The first-order chi connectivity index (χ1) is 9.83. The third-order valence-corrected chi connectivity index (χ3v) is 4.05. The number of rotatable bonds is 9. The zero-order valence-corrected chi connectivity index (χ0v) is 13.7. The highest BCUT2D eigenvalue weighted by molar-refractivity contribution is 7.89. The molecular formula is C15H25NO4S. The van der Waals surface area contributed by atoms with Crippen LogP contribution in [-0.2, 0) is 10.0 Å². The maximum atomic E-state index is 11.3. The Morgan fingerprint density at radius 2 is 1.71 bits per heavy atom. The highest BCUT2D eigenvalue weighted by Gasteiger charge is 2.20. The monoisotopic (exact) mass is 315 g/mol. The molecule has 0 aromatic heterocycles. The molecule has 21 heavy (non-hydrogen) atoms. The van der Waals surface area contributed by atoms with Gasteiger partial charge in [-0.25, -0.2) is 13.6 Å². The summed E-state index contributed by atoms with van der Waals surface area (Å²) in [6.07, 6.45) is 0.911. The number of hydrogen-bond acceptors (Lipinski definition) is 4. The standard InChI is InChI=1S/C15H25NO4S/c1-4-9-19-14-7-5-6-8-15(14)20-10-13(12(2)3)11-21(16,17)18/h5-8,12-13H,4,9-11H2,1-3H3,(H2,16,17,18). The van der Waals surface area contributed by atoms with Gasteiger partial charge in [-0.1, -0.05) is 32.9 Å². The molecule has 2 N–H and O–H groups in total. The Hall–Kier alpha value is -1.27. The molecule has 0 saturated heterocycles. The van der Waals surface area contributed by atoms with E-state index in [1.54, 1.807) is 0 Å². The number of hydrogen-bond donors (Lipinski definition) is 1. The lowest BCUT2D eigenvalue weighted by molar-refractivity contribution is 0.211. The van der Waals surface area contributed by atoms with Gasteiger partial charge in [-0.15, -0.1) is 0 Å². The summed E-state index contributed by atoms with van der Waals surface area (Å²) in [4.78, 5) is 0. The van der Waals surface area contributed by atoms with Crippen LogP contribution in [0.1, 0.15) is 27.2 Å². The van der Waals surface area contributed by atoms with E-state index in [4.69, 9.17) is 14.6 Å². The lowest BCUT2D eigenvalue weighted by Gasteiger charge is -2.21. The maximum absolute atomic E-state index is 11.3. The quantitative estimate of drug-likeness (QED) is 0.759. The first-order valence-corrected chi connectivity index (χ1v) is 8.90. The van der Waals surface area contributed by atoms with Crippen molar-refractivity contribution in [3.8, 4) is 11.5 Å². The molecule has 6 heteroatoms. The Kier molecular flexibility index (Phi) is 6.98. The second kappa shape index (κ2) is 8.24. The highest BCUT2D eigenvalue weighted by atomic mass is 32.2. The van der Waals surface area contributed by atoms with Gasteiger partial charge in [0.15, 0.2) is 11.5 Å². The molecule has 1 atom stereocenters. The van der Waals surface area contributed by atoms with E-state index in [0.717, 1.165) is 6.42 Å². The number of ether oxygens (including phenoxy) is 2. The Labute approximate surface area is 127 Å². The van der Waals surface area contributed by atoms with Gasteiger partial charge in [-0.3, -0.25) is 0 Å². The molecule has 1 rings (SSSR count). The van der Waals surface area contributed by atoms with Crippen LogP contribution >= 0.6 is 0 Å². The summed E-state index contributed by atoms with van der Waals surface area (Å²) in [6, 6.07) is 7.40. The lowest BCUT2D eigenvalue weighted by atomic mass is 9.99. The summed E-state index contributed by atoms with van der Waals surface area (Å²) in [5, 5.41) is 5.13. The molecule has 1 unspecified atom stereocenters. The molecule has 0 aliphatic rings. The zero-order valence-electron chi connectivity index (χ0n) is 12.9. The SMILES string of the molecule is CCCOc1ccccc1OCC(CS(N)(=O)=O)C(C)C. The van der Waals surface area contributed by atoms with E-state index in [2.05, 4.69) is 0 Å². The summed E-state index contributed by atoms with van der Waals surface area (Å²) in [7, 11) is -3.51. The second-order valence-electron chi connectivity index (χ2n) is 5.44. The second-order valence-corrected chi connectivity index (χ2v) is 7.10. The molecule has 0 spiro atoms. The largest absolute Gasteiger partial charge is 0.490 e. The van der Waals surface area contributed by atoms with E-state index in [0.29, 0.717) is 24.7 Å². The van der Waals surface area contributed by atoms with E-state index < -0.39 is 10.0 Å². The van der Waals surface area contributed by atoms with Crippen molar-refractivity contribution in [2.24, 2.45) is 17.0 Å². The van der Waals surface area contributed by atoms with Gasteiger partial charge >= 0.3 is 0 Å². The van der Waals surface area contributed by atoms with Crippen LogP contribution in [0.4, 0.5) is 0 Å². The van der Waals surface area contributed by atoms with E-state index in [-0.39, 0.29) is 17.6 Å². The Balaban J connectivity index is 2.71. The average Bonchev–Trinajstić information content (AvgIpc) is 2.40. The fourth-order valence-electron chi connectivity index (χ4n) is 1.83. The first kappa shape index (κ1) is 17.8. The number of primary sulfonamides is 1. The summed E-state index contributed by atoms with van der Waals surface area (Å²) in [5.41, 5.74) is 0. The van der Waals surface area contributed by atoms with Gasteiger partial charge in [-0.2, -0.15) is 0 Å². The zero-order chi connectivity index (χ0) is 15.9. The van der Waals surface area contributed by atoms with Crippen molar-refractivity contribution in [3.05, 3.63) is 24.3 Å². The Bertz CT molecular complexity index is 528. The molecule has 0 bridgehead atoms. The number of benzene rings is 1. The van der Waals surface area contributed by atoms with Crippen molar-refractivity contribution in [3.63, 3.8) is 0 Å². The van der Waals surface area contributed by atoms with Crippen LogP contribution in [0.2, 0.25) is 0 Å². The Morgan fingerprint density at radius 3 is 2.19 bits per heavy atom. The van der Waals surface area contributed by atoms with Crippen LogP contribution < -0.4 is 14.6 Å². The average molecular weight is 315 g/mol. The van der Waals surface area contributed by atoms with Gasteiger partial charge in [0.05, 0.1) is 19.0 Å². The third-order valence-electron chi connectivity index (χ3n) is 3.15. The van der Waals surface area contributed by atoms with Crippen LogP contribution in [0.3, 0.4) is 0 Å². The fraction of sp³-hybridized carbons (Fsp3) is 0.600. The molecule has 1 aromatic carbocycles. The molecule has 0 fully saturated rings. The third kappa shape index (κ3) is 6.82. The van der Waals surface area contributed by atoms with E-state index in [1.807, 2.05) is 45.0 Å². The molecule has 0 saturated carbocycles. The van der Waals surface area contributed by atoms with Gasteiger partial charge in [0.25, 0.3) is 0 Å². The van der Waals surface area contributed by atoms with Gasteiger partial charge < -0.3 is 9.47 Å². The predicted octanol–water partition coefficient (Wildman–Crippen LogP) is 2.41. The minimum absolute atomic E-state index is 0.0807. The van der Waals surface area contributed by atoms with Gasteiger partial charge in [0.2, 0.25) is 10.0 Å². The first-order valence-electron chi connectivity index (χ1n) is 7.18. The Morgan fingerprint density at radius 1 is 1.14 bits per heavy atom. The molecular weight excluding hydrogens is 290 g/mol. The van der Waals surface area contributed by atoms with Crippen LogP contribution in [0, 0.1) is 11.8 Å². The summed E-state index contributed by atoms with van der Waals surface area (Å²) < 4.78 is 33.9. The van der Waals surface area contributed by atoms with E-state index in [9.17, 15) is 8.42 Å². The molecule has 0 aliphatic carbocycles.